The number of thiazole rings is 1. The van der Waals surface area contributed by atoms with Crippen LogP contribution in [0.5, 0.6) is 0 Å². The average molecular weight is 295 g/mol. The number of rotatable bonds is 4. The van der Waals surface area contributed by atoms with Crippen molar-refractivity contribution in [2.45, 2.75) is 50.2 Å². The van der Waals surface area contributed by atoms with E-state index >= 15 is 0 Å². The number of hydrogen-bond acceptors (Lipinski definition) is 5. The molecule has 0 aromatic carbocycles. The maximum absolute atomic E-state index is 10.1. The van der Waals surface area contributed by atoms with Crippen molar-refractivity contribution in [3.63, 3.8) is 0 Å². The maximum Gasteiger partial charge on any atom is 0.185 e. The topological polar surface area (TPSA) is 39.6 Å². The molecule has 4 nitrogen and oxygen atoms in total. The average Bonchev–Trinajstić information content (AvgIpc) is 2.78. The molecule has 20 heavy (non-hydrogen) atoms. The lowest BCUT2D eigenvalue weighted by atomic mass is 9.75. The third-order valence-electron chi connectivity index (χ3n) is 5.00. The van der Waals surface area contributed by atoms with Crippen molar-refractivity contribution >= 4 is 16.5 Å². The fraction of sp³-hybridized carbons (Fsp3) is 0.800. The molecule has 1 atom stereocenters. The van der Waals surface area contributed by atoms with Crippen LogP contribution in [0.2, 0.25) is 0 Å². The molecule has 1 aromatic rings. The number of aliphatic hydroxyl groups excluding tert-OH is 1. The molecule has 0 bridgehead atoms. The summed E-state index contributed by atoms with van der Waals surface area (Å²) in [5.41, 5.74) is 1.45. The van der Waals surface area contributed by atoms with Gasteiger partial charge >= 0.3 is 0 Å². The Labute approximate surface area is 125 Å². The zero-order chi connectivity index (χ0) is 14.3. The molecule has 2 aliphatic carbocycles. The van der Waals surface area contributed by atoms with Crippen LogP contribution in [0, 0.1) is 0 Å². The molecular formula is C15H25N3OS. The summed E-state index contributed by atoms with van der Waals surface area (Å²) in [7, 11) is 6.51. The van der Waals surface area contributed by atoms with Gasteiger partial charge in [-0.25, -0.2) is 4.98 Å². The number of fused-ring (bicyclic) bond motifs is 1. The summed E-state index contributed by atoms with van der Waals surface area (Å²) in [5.74, 6) is 0. The van der Waals surface area contributed by atoms with Crippen molar-refractivity contribution in [3.8, 4) is 0 Å². The number of nitrogens with zero attached hydrogens (tertiary/aromatic N) is 3. The Hall–Kier alpha value is -0.650. The molecule has 0 spiro atoms. The summed E-state index contributed by atoms with van der Waals surface area (Å²) in [6, 6.07) is 0. The SMILES string of the molecule is CN(CC1(N(C)C)CCC1)c1nc2c(s1)C(O)CCC2. The summed E-state index contributed by atoms with van der Waals surface area (Å²) >= 11 is 1.68. The number of likely N-dealkylation sites (N-methyl/N-ethyl adjacent to an activating group) is 2. The minimum Gasteiger partial charge on any atom is -0.388 e. The zero-order valence-corrected chi connectivity index (χ0v) is 13.5. The Balaban J connectivity index is 1.76. The third kappa shape index (κ3) is 2.36. The van der Waals surface area contributed by atoms with Crippen LogP contribution in [-0.2, 0) is 6.42 Å². The normalized spacial score (nSPS) is 24.4. The van der Waals surface area contributed by atoms with Gasteiger partial charge in [0, 0.05) is 19.1 Å². The van der Waals surface area contributed by atoms with Gasteiger partial charge in [0.2, 0.25) is 0 Å². The fourth-order valence-electron chi connectivity index (χ4n) is 3.39. The quantitative estimate of drug-likeness (QED) is 0.926. The van der Waals surface area contributed by atoms with Gasteiger partial charge in [0.1, 0.15) is 0 Å². The van der Waals surface area contributed by atoms with Crippen molar-refractivity contribution in [2.24, 2.45) is 0 Å². The van der Waals surface area contributed by atoms with Crippen LogP contribution in [0.4, 0.5) is 5.13 Å². The lowest BCUT2D eigenvalue weighted by molar-refractivity contribution is 0.0683. The maximum atomic E-state index is 10.1. The summed E-state index contributed by atoms with van der Waals surface area (Å²) in [5, 5.41) is 11.2. The summed E-state index contributed by atoms with van der Waals surface area (Å²) in [6.07, 6.45) is 6.57. The van der Waals surface area contributed by atoms with E-state index in [1.54, 1.807) is 11.3 Å². The molecule has 1 unspecified atom stereocenters. The first-order chi connectivity index (χ1) is 9.52. The van der Waals surface area contributed by atoms with Crippen LogP contribution < -0.4 is 4.90 Å². The van der Waals surface area contributed by atoms with E-state index in [1.165, 1.54) is 19.3 Å². The fourth-order valence-corrected chi connectivity index (χ4v) is 4.48. The second-order valence-electron chi connectivity index (χ2n) is 6.54. The van der Waals surface area contributed by atoms with Gasteiger partial charge in [-0.15, -0.1) is 0 Å². The van der Waals surface area contributed by atoms with E-state index in [-0.39, 0.29) is 6.10 Å². The summed E-state index contributed by atoms with van der Waals surface area (Å²) in [6.45, 7) is 1.03. The highest BCUT2D eigenvalue weighted by Crippen LogP contribution is 2.40. The molecule has 1 aromatic heterocycles. The van der Waals surface area contributed by atoms with Crippen LogP contribution >= 0.6 is 11.3 Å². The highest BCUT2D eigenvalue weighted by Gasteiger charge is 2.40. The minimum atomic E-state index is -0.287. The van der Waals surface area contributed by atoms with E-state index in [2.05, 4.69) is 30.9 Å². The molecule has 5 heteroatoms. The first-order valence-electron chi connectivity index (χ1n) is 7.58. The Morgan fingerprint density at radius 1 is 1.30 bits per heavy atom. The smallest absolute Gasteiger partial charge is 0.185 e. The van der Waals surface area contributed by atoms with Crippen molar-refractivity contribution in [2.75, 3.05) is 32.6 Å². The van der Waals surface area contributed by atoms with Crippen LogP contribution in [-0.4, -0.2) is 48.2 Å². The number of hydrogen-bond donors (Lipinski definition) is 1. The van der Waals surface area contributed by atoms with E-state index in [1.807, 2.05) is 0 Å². The molecule has 0 saturated heterocycles. The van der Waals surface area contributed by atoms with E-state index < -0.39 is 0 Å². The molecule has 1 heterocycles. The Bertz CT molecular complexity index is 481. The van der Waals surface area contributed by atoms with E-state index in [0.717, 1.165) is 41.5 Å². The lowest BCUT2D eigenvalue weighted by Crippen LogP contribution is -2.56. The monoisotopic (exact) mass is 295 g/mol. The molecule has 1 saturated carbocycles. The molecule has 3 rings (SSSR count). The highest BCUT2D eigenvalue weighted by atomic mass is 32.1. The third-order valence-corrected chi connectivity index (χ3v) is 6.31. The predicted molar refractivity (Wildman–Crippen MR) is 83.6 cm³/mol. The standard InChI is InChI=1S/C15H25N3OS/c1-17(2)15(8-5-9-15)10-18(3)14-16-11-6-4-7-12(19)13(11)20-14/h12,19H,4-10H2,1-3H3. The molecule has 112 valence electrons. The first-order valence-corrected chi connectivity index (χ1v) is 8.40. The van der Waals surface area contributed by atoms with Crippen molar-refractivity contribution in [1.82, 2.24) is 9.88 Å². The van der Waals surface area contributed by atoms with Gasteiger partial charge in [0.05, 0.1) is 16.7 Å². The van der Waals surface area contributed by atoms with Gasteiger partial charge in [-0.1, -0.05) is 11.3 Å². The molecule has 1 fully saturated rings. The van der Waals surface area contributed by atoms with Gasteiger partial charge in [0.15, 0.2) is 5.13 Å². The van der Waals surface area contributed by atoms with Crippen molar-refractivity contribution in [1.29, 1.82) is 0 Å². The van der Waals surface area contributed by atoms with Crippen LogP contribution in [0.15, 0.2) is 0 Å². The molecule has 1 N–H and O–H groups in total. The zero-order valence-electron chi connectivity index (χ0n) is 12.7. The number of aromatic nitrogens is 1. The number of anilines is 1. The molecular weight excluding hydrogens is 270 g/mol. The van der Waals surface area contributed by atoms with Crippen LogP contribution in [0.25, 0.3) is 0 Å². The molecule has 2 aliphatic rings. The van der Waals surface area contributed by atoms with E-state index in [0.29, 0.717) is 5.54 Å². The Morgan fingerprint density at radius 2 is 2.05 bits per heavy atom. The lowest BCUT2D eigenvalue weighted by Gasteiger charge is -2.49. The van der Waals surface area contributed by atoms with Gasteiger partial charge in [-0.05, 0) is 52.6 Å². The van der Waals surface area contributed by atoms with E-state index in [9.17, 15) is 5.11 Å². The largest absolute Gasteiger partial charge is 0.388 e. The number of aryl methyl sites for hydroxylation is 1. The molecule has 0 radical (unpaired) electrons. The van der Waals surface area contributed by atoms with E-state index in [4.69, 9.17) is 4.98 Å². The minimum absolute atomic E-state index is 0.287. The second-order valence-corrected chi connectivity index (χ2v) is 7.55. The predicted octanol–water partition coefficient (Wildman–Crippen LogP) is 2.43. The van der Waals surface area contributed by atoms with Gasteiger partial charge in [0.25, 0.3) is 0 Å². The molecule has 0 aliphatic heterocycles. The number of aliphatic hydroxyl groups is 1. The molecule has 0 amide bonds. The Kier molecular flexibility index (Phi) is 3.77. The van der Waals surface area contributed by atoms with Gasteiger partial charge in [-0.2, -0.15) is 0 Å². The van der Waals surface area contributed by atoms with Crippen LogP contribution in [0.1, 0.15) is 48.8 Å². The summed E-state index contributed by atoms with van der Waals surface area (Å²) < 4.78 is 0. The second kappa shape index (κ2) is 5.28. The van der Waals surface area contributed by atoms with Gasteiger partial charge in [-0.3, -0.25) is 0 Å². The summed E-state index contributed by atoms with van der Waals surface area (Å²) in [4.78, 5) is 10.5. The van der Waals surface area contributed by atoms with Gasteiger partial charge < -0.3 is 14.9 Å². The van der Waals surface area contributed by atoms with Crippen molar-refractivity contribution in [3.05, 3.63) is 10.6 Å². The van der Waals surface area contributed by atoms with Crippen molar-refractivity contribution < 1.29 is 5.11 Å². The Morgan fingerprint density at radius 3 is 2.60 bits per heavy atom. The first kappa shape index (κ1) is 14.3. The van der Waals surface area contributed by atoms with Crippen LogP contribution in [0.3, 0.4) is 0 Å². The highest BCUT2D eigenvalue weighted by molar-refractivity contribution is 7.15.